The van der Waals surface area contributed by atoms with E-state index in [0.717, 1.165) is 0 Å². The summed E-state index contributed by atoms with van der Waals surface area (Å²) in [6.07, 6.45) is 0. The number of hydrogen-bond acceptors (Lipinski definition) is 4. The average Bonchev–Trinajstić information content (AvgIpc) is 2.43. The van der Waals surface area contributed by atoms with Crippen LogP contribution in [0.1, 0.15) is 26.3 Å². The van der Waals surface area contributed by atoms with Gasteiger partial charge in [-0.05, 0) is 38.1 Å². The van der Waals surface area contributed by atoms with E-state index in [-0.39, 0.29) is 6.61 Å². The van der Waals surface area contributed by atoms with Crippen LogP contribution in [0.25, 0.3) is 0 Å². The standard InChI is InChI=1S/C15H21F2NO3/c1-5-18-8-10-6-11(16)13(12(17)7-10)21-9-15(2,3)14(19)20-4/h6-7,18H,5,8-9H2,1-4H3. The number of hydrogen-bond donors (Lipinski definition) is 1. The van der Waals surface area contributed by atoms with Crippen LogP contribution in [0.2, 0.25) is 0 Å². The first kappa shape index (κ1) is 17.4. The third-order valence-electron chi connectivity index (χ3n) is 2.95. The van der Waals surface area contributed by atoms with Crippen molar-refractivity contribution in [2.45, 2.75) is 27.3 Å². The summed E-state index contributed by atoms with van der Waals surface area (Å²) in [5, 5.41) is 2.98. The Labute approximate surface area is 123 Å². The van der Waals surface area contributed by atoms with Crippen molar-refractivity contribution in [3.63, 3.8) is 0 Å². The van der Waals surface area contributed by atoms with Crippen LogP contribution in [0.5, 0.6) is 5.75 Å². The van der Waals surface area contributed by atoms with Crippen LogP contribution in [-0.4, -0.2) is 26.2 Å². The van der Waals surface area contributed by atoms with E-state index in [1.165, 1.54) is 19.2 Å². The number of carbonyl (C=O) groups excluding carboxylic acids is 1. The van der Waals surface area contributed by atoms with E-state index in [1.807, 2.05) is 6.92 Å². The number of halogens is 2. The fourth-order valence-corrected chi connectivity index (χ4v) is 1.71. The molecule has 0 aromatic heterocycles. The van der Waals surface area contributed by atoms with Gasteiger partial charge in [-0.15, -0.1) is 0 Å². The quantitative estimate of drug-likeness (QED) is 0.787. The molecule has 0 saturated carbocycles. The summed E-state index contributed by atoms with van der Waals surface area (Å²) >= 11 is 0. The summed E-state index contributed by atoms with van der Waals surface area (Å²) in [7, 11) is 1.25. The Balaban J connectivity index is 2.82. The molecule has 1 rings (SSSR count). The van der Waals surface area contributed by atoms with Crippen LogP contribution in [0.15, 0.2) is 12.1 Å². The molecule has 0 radical (unpaired) electrons. The van der Waals surface area contributed by atoms with Crippen LogP contribution in [0, 0.1) is 17.0 Å². The van der Waals surface area contributed by atoms with Gasteiger partial charge in [-0.2, -0.15) is 0 Å². The van der Waals surface area contributed by atoms with Crippen molar-refractivity contribution < 1.29 is 23.0 Å². The summed E-state index contributed by atoms with van der Waals surface area (Å²) in [4.78, 5) is 11.5. The minimum Gasteiger partial charge on any atom is -0.486 e. The molecule has 21 heavy (non-hydrogen) atoms. The predicted molar refractivity (Wildman–Crippen MR) is 75.0 cm³/mol. The Hall–Kier alpha value is -1.69. The van der Waals surface area contributed by atoms with Gasteiger partial charge in [-0.1, -0.05) is 6.92 Å². The van der Waals surface area contributed by atoms with Gasteiger partial charge in [0.1, 0.15) is 6.61 Å². The number of benzene rings is 1. The molecule has 0 unspecified atom stereocenters. The first-order valence-electron chi connectivity index (χ1n) is 6.71. The molecule has 0 fully saturated rings. The third kappa shape index (κ3) is 4.67. The van der Waals surface area contributed by atoms with E-state index in [9.17, 15) is 13.6 Å². The first-order valence-corrected chi connectivity index (χ1v) is 6.71. The van der Waals surface area contributed by atoms with Gasteiger partial charge in [0.25, 0.3) is 0 Å². The van der Waals surface area contributed by atoms with Gasteiger partial charge in [0.15, 0.2) is 17.4 Å². The molecular formula is C15H21F2NO3. The SMILES string of the molecule is CCNCc1cc(F)c(OCC(C)(C)C(=O)OC)c(F)c1. The second-order valence-electron chi connectivity index (χ2n) is 5.33. The summed E-state index contributed by atoms with van der Waals surface area (Å²) in [5.74, 6) is -2.56. The minimum absolute atomic E-state index is 0.180. The zero-order valence-corrected chi connectivity index (χ0v) is 12.8. The van der Waals surface area contributed by atoms with E-state index in [1.54, 1.807) is 13.8 Å². The van der Waals surface area contributed by atoms with E-state index < -0.39 is 28.8 Å². The molecule has 118 valence electrons. The Bertz CT molecular complexity index is 481. The maximum Gasteiger partial charge on any atom is 0.314 e. The predicted octanol–water partition coefficient (Wildman–Crippen LogP) is 2.65. The smallest absolute Gasteiger partial charge is 0.314 e. The highest BCUT2D eigenvalue weighted by molar-refractivity contribution is 5.75. The van der Waals surface area contributed by atoms with E-state index in [0.29, 0.717) is 18.7 Å². The van der Waals surface area contributed by atoms with Crippen LogP contribution in [0.4, 0.5) is 8.78 Å². The Morgan fingerprint density at radius 1 is 1.29 bits per heavy atom. The van der Waals surface area contributed by atoms with E-state index >= 15 is 0 Å². The molecule has 6 heteroatoms. The Kier molecular flexibility index (Phi) is 6.08. The molecule has 0 bridgehead atoms. The molecule has 0 aliphatic rings. The topological polar surface area (TPSA) is 47.6 Å². The number of methoxy groups -OCH3 is 1. The molecule has 0 spiro atoms. The molecular weight excluding hydrogens is 280 g/mol. The lowest BCUT2D eigenvalue weighted by Crippen LogP contribution is -2.32. The molecule has 0 atom stereocenters. The van der Waals surface area contributed by atoms with Gasteiger partial charge < -0.3 is 14.8 Å². The monoisotopic (exact) mass is 301 g/mol. The van der Waals surface area contributed by atoms with Crippen molar-refractivity contribution in [2.75, 3.05) is 20.3 Å². The maximum atomic E-state index is 13.9. The van der Waals surface area contributed by atoms with Crippen molar-refractivity contribution in [2.24, 2.45) is 5.41 Å². The summed E-state index contributed by atoms with van der Waals surface area (Å²) in [5.41, 5.74) is -0.498. The number of nitrogens with one attached hydrogen (secondary N) is 1. The number of esters is 1. The first-order chi connectivity index (χ1) is 9.81. The summed E-state index contributed by atoms with van der Waals surface area (Å²) < 4.78 is 37.5. The molecule has 0 aliphatic carbocycles. The van der Waals surface area contributed by atoms with E-state index in [2.05, 4.69) is 10.1 Å². The lowest BCUT2D eigenvalue weighted by atomic mass is 9.95. The van der Waals surface area contributed by atoms with Crippen molar-refractivity contribution in [3.8, 4) is 5.75 Å². The highest BCUT2D eigenvalue weighted by atomic mass is 19.1. The van der Waals surface area contributed by atoms with Gasteiger partial charge in [-0.25, -0.2) is 8.78 Å². The molecule has 1 N–H and O–H groups in total. The zero-order valence-electron chi connectivity index (χ0n) is 12.8. The van der Waals surface area contributed by atoms with Crippen LogP contribution < -0.4 is 10.1 Å². The molecule has 0 saturated heterocycles. The van der Waals surface area contributed by atoms with Crippen molar-refractivity contribution >= 4 is 5.97 Å². The normalized spacial score (nSPS) is 11.3. The highest BCUT2D eigenvalue weighted by Gasteiger charge is 2.30. The van der Waals surface area contributed by atoms with Crippen molar-refractivity contribution in [1.29, 1.82) is 0 Å². The van der Waals surface area contributed by atoms with Crippen molar-refractivity contribution in [1.82, 2.24) is 5.32 Å². The fraction of sp³-hybridized carbons (Fsp3) is 0.533. The molecule has 4 nitrogen and oxygen atoms in total. The minimum atomic E-state index is -0.990. The molecule has 0 amide bonds. The molecule has 0 heterocycles. The number of ether oxygens (including phenoxy) is 2. The van der Waals surface area contributed by atoms with Gasteiger partial charge in [0.2, 0.25) is 0 Å². The fourth-order valence-electron chi connectivity index (χ4n) is 1.71. The second-order valence-corrected chi connectivity index (χ2v) is 5.33. The van der Waals surface area contributed by atoms with Gasteiger partial charge in [-0.3, -0.25) is 4.79 Å². The Morgan fingerprint density at radius 2 is 1.86 bits per heavy atom. The van der Waals surface area contributed by atoms with Crippen LogP contribution in [0.3, 0.4) is 0 Å². The molecule has 1 aromatic carbocycles. The highest BCUT2D eigenvalue weighted by Crippen LogP contribution is 2.26. The zero-order chi connectivity index (χ0) is 16.0. The molecule has 1 aromatic rings. The van der Waals surface area contributed by atoms with E-state index in [4.69, 9.17) is 4.74 Å². The van der Waals surface area contributed by atoms with Crippen molar-refractivity contribution in [3.05, 3.63) is 29.3 Å². The largest absolute Gasteiger partial charge is 0.486 e. The van der Waals surface area contributed by atoms with Gasteiger partial charge in [0.05, 0.1) is 12.5 Å². The third-order valence-corrected chi connectivity index (χ3v) is 2.95. The number of rotatable bonds is 7. The lowest BCUT2D eigenvalue weighted by Gasteiger charge is -2.22. The number of carbonyl (C=O) groups is 1. The van der Waals surface area contributed by atoms with Crippen LogP contribution in [-0.2, 0) is 16.1 Å². The Morgan fingerprint density at radius 3 is 2.33 bits per heavy atom. The maximum absolute atomic E-state index is 13.9. The summed E-state index contributed by atoms with van der Waals surface area (Å²) in [6, 6.07) is 2.43. The van der Waals surface area contributed by atoms with Crippen LogP contribution >= 0.6 is 0 Å². The molecule has 0 aliphatic heterocycles. The summed E-state index contributed by atoms with van der Waals surface area (Å²) in [6.45, 7) is 5.95. The lowest BCUT2D eigenvalue weighted by molar-refractivity contribution is -0.152. The second kappa shape index (κ2) is 7.36. The van der Waals surface area contributed by atoms with Gasteiger partial charge >= 0.3 is 5.97 Å². The van der Waals surface area contributed by atoms with Gasteiger partial charge in [0, 0.05) is 6.54 Å². The average molecular weight is 301 g/mol.